The van der Waals surface area contributed by atoms with E-state index in [9.17, 15) is 0 Å². The van der Waals surface area contributed by atoms with Crippen molar-refractivity contribution in [3.8, 4) is 11.4 Å². The Balaban J connectivity index is 1.43. The molecule has 0 atom stereocenters. The Bertz CT molecular complexity index is 985. The van der Waals surface area contributed by atoms with Crippen molar-refractivity contribution in [2.75, 3.05) is 0 Å². The quantitative estimate of drug-likeness (QED) is 0.516. The molecule has 4 aromatic heterocycles. The van der Waals surface area contributed by atoms with Crippen LogP contribution in [-0.4, -0.2) is 29.1 Å². The van der Waals surface area contributed by atoms with E-state index in [0.717, 1.165) is 33.6 Å². The van der Waals surface area contributed by atoms with Gasteiger partial charge in [0.1, 0.15) is 5.65 Å². The molecule has 1 fully saturated rings. The number of fused-ring (bicyclic) bond motifs is 1. The van der Waals surface area contributed by atoms with Gasteiger partial charge in [0.25, 0.3) is 0 Å². The number of thioether (sulfide) groups is 1. The van der Waals surface area contributed by atoms with Crippen LogP contribution < -0.4 is 0 Å². The first kappa shape index (κ1) is 14.7. The average Bonchev–Trinajstić information content (AvgIpc) is 3.27. The second-order valence-corrected chi connectivity index (χ2v) is 7.07. The van der Waals surface area contributed by atoms with E-state index in [1.54, 1.807) is 24.2 Å². The van der Waals surface area contributed by atoms with Crippen molar-refractivity contribution in [2.45, 2.75) is 29.8 Å². The molecule has 0 radical (unpaired) electrons. The van der Waals surface area contributed by atoms with Crippen molar-refractivity contribution in [3.05, 3.63) is 60.8 Å². The highest BCUT2D eigenvalue weighted by Crippen LogP contribution is 2.41. The Morgan fingerprint density at radius 3 is 2.76 bits per heavy atom. The van der Waals surface area contributed by atoms with Crippen molar-refractivity contribution < 1.29 is 0 Å². The number of pyridine rings is 2. The minimum Gasteiger partial charge on any atom is -0.307 e. The highest BCUT2D eigenvalue weighted by Gasteiger charge is 2.30. The molecule has 6 nitrogen and oxygen atoms in total. The lowest BCUT2D eigenvalue weighted by atomic mass is 10.2. The molecule has 4 aromatic rings. The second-order valence-electron chi connectivity index (χ2n) is 6.13. The SMILES string of the molecule is c1ccn2cc(CSc3nnc(-c4ccncc4)n3C3CC3)nc2c1. The highest BCUT2D eigenvalue weighted by molar-refractivity contribution is 7.98. The zero-order chi connectivity index (χ0) is 16.6. The molecule has 5 rings (SSSR count). The van der Waals surface area contributed by atoms with Crippen LogP contribution in [0, 0.1) is 0 Å². The van der Waals surface area contributed by atoms with E-state index in [2.05, 4.69) is 30.9 Å². The van der Waals surface area contributed by atoms with Crippen LogP contribution in [0.1, 0.15) is 24.6 Å². The van der Waals surface area contributed by atoms with Gasteiger partial charge in [0.15, 0.2) is 11.0 Å². The van der Waals surface area contributed by atoms with Crippen molar-refractivity contribution in [1.29, 1.82) is 0 Å². The lowest BCUT2D eigenvalue weighted by Crippen LogP contribution is -2.00. The zero-order valence-electron chi connectivity index (χ0n) is 13.5. The maximum Gasteiger partial charge on any atom is 0.192 e. The second kappa shape index (κ2) is 6.00. The maximum absolute atomic E-state index is 4.66. The van der Waals surface area contributed by atoms with Crippen LogP contribution in [0.15, 0.2) is 60.3 Å². The number of hydrogen-bond acceptors (Lipinski definition) is 5. The third-order valence-electron chi connectivity index (χ3n) is 4.28. The molecule has 0 spiro atoms. The van der Waals surface area contributed by atoms with Gasteiger partial charge in [0.2, 0.25) is 0 Å². The molecule has 0 aliphatic heterocycles. The van der Waals surface area contributed by atoms with Crippen molar-refractivity contribution in [2.24, 2.45) is 0 Å². The van der Waals surface area contributed by atoms with Gasteiger partial charge in [-0.3, -0.25) is 9.55 Å². The fraction of sp³-hybridized carbons (Fsp3) is 0.222. The minimum atomic E-state index is 0.515. The standard InChI is InChI=1S/C18H16N6S/c1-2-10-23-11-14(20-16(23)3-1)12-25-18-22-21-17(24(18)15-4-5-15)13-6-8-19-9-7-13/h1-3,6-11,15H,4-5,12H2. The van der Waals surface area contributed by atoms with E-state index in [1.807, 2.05) is 40.9 Å². The molecule has 0 saturated heterocycles. The molecule has 0 bridgehead atoms. The largest absolute Gasteiger partial charge is 0.307 e. The van der Waals surface area contributed by atoms with Gasteiger partial charge in [-0.05, 0) is 37.1 Å². The van der Waals surface area contributed by atoms with Gasteiger partial charge < -0.3 is 4.40 Å². The Labute approximate surface area is 149 Å². The average molecular weight is 348 g/mol. The lowest BCUT2D eigenvalue weighted by Gasteiger charge is -2.08. The molecule has 4 heterocycles. The normalized spacial score (nSPS) is 14.2. The van der Waals surface area contributed by atoms with Crippen LogP contribution in [0.2, 0.25) is 0 Å². The number of hydrogen-bond donors (Lipinski definition) is 0. The summed E-state index contributed by atoms with van der Waals surface area (Å²) in [4.78, 5) is 8.75. The third-order valence-corrected chi connectivity index (χ3v) is 5.25. The van der Waals surface area contributed by atoms with Crippen molar-refractivity contribution >= 4 is 17.4 Å². The van der Waals surface area contributed by atoms with E-state index in [-0.39, 0.29) is 0 Å². The fourth-order valence-electron chi connectivity index (χ4n) is 2.93. The summed E-state index contributed by atoms with van der Waals surface area (Å²) in [7, 11) is 0. The molecule has 1 aliphatic carbocycles. The van der Waals surface area contributed by atoms with E-state index < -0.39 is 0 Å². The number of nitrogens with zero attached hydrogens (tertiary/aromatic N) is 6. The molecule has 25 heavy (non-hydrogen) atoms. The van der Waals surface area contributed by atoms with Gasteiger partial charge in [-0.2, -0.15) is 0 Å². The number of aromatic nitrogens is 6. The molecular weight excluding hydrogens is 332 g/mol. The highest BCUT2D eigenvalue weighted by atomic mass is 32.2. The molecule has 0 aromatic carbocycles. The first-order valence-electron chi connectivity index (χ1n) is 8.29. The summed E-state index contributed by atoms with van der Waals surface area (Å²) in [5.74, 6) is 1.71. The lowest BCUT2D eigenvalue weighted by molar-refractivity contribution is 0.669. The maximum atomic E-state index is 4.66. The van der Waals surface area contributed by atoms with Crippen LogP contribution in [0.25, 0.3) is 17.0 Å². The topological polar surface area (TPSA) is 60.9 Å². The number of rotatable bonds is 5. The summed E-state index contributed by atoms with van der Waals surface area (Å²) < 4.78 is 4.32. The van der Waals surface area contributed by atoms with Crippen LogP contribution in [-0.2, 0) is 5.75 Å². The number of imidazole rings is 1. The molecule has 0 N–H and O–H groups in total. The molecule has 0 unspecified atom stereocenters. The minimum absolute atomic E-state index is 0.515. The predicted molar refractivity (Wildman–Crippen MR) is 96.3 cm³/mol. The summed E-state index contributed by atoms with van der Waals surface area (Å²) in [6.07, 6.45) is 10.1. The molecular formula is C18H16N6S. The summed E-state index contributed by atoms with van der Waals surface area (Å²) >= 11 is 1.70. The Morgan fingerprint density at radius 2 is 1.96 bits per heavy atom. The van der Waals surface area contributed by atoms with Crippen LogP contribution in [0.4, 0.5) is 0 Å². The predicted octanol–water partition coefficient (Wildman–Crippen LogP) is 3.62. The first-order chi connectivity index (χ1) is 12.4. The Morgan fingerprint density at radius 1 is 1.08 bits per heavy atom. The van der Waals surface area contributed by atoms with Gasteiger partial charge in [0, 0.05) is 42.1 Å². The first-order valence-corrected chi connectivity index (χ1v) is 9.28. The van der Waals surface area contributed by atoms with Gasteiger partial charge in [-0.1, -0.05) is 17.8 Å². The van der Waals surface area contributed by atoms with Gasteiger partial charge in [-0.15, -0.1) is 10.2 Å². The van der Waals surface area contributed by atoms with Gasteiger partial charge in [-0.25, -0.2) is 4.98 Å². The molecule has 1 aliphatic rings. The van der Waals surface area contributed by atoms with Crippen LogP contribution in [0.3, 0.4) is 0 Å². The molecule has 0 amide bonds. The monoisotopic (exact) mass is 348 g/mol. The van der Waals surface area contributed by atoms with E-state index in [4.69, 9.17) is 0 Å². The fourth-order valence-corrected chi connectivity index (χ4v) is 3.82. The smallest absolute Gasteiger partial charge is 0.192 e. The summed E-state index contributed by atoms with van der Waals surface area (Å²) in [5, 5.41) is 9.85. The molecule has 1 saturated carbocycles. The molecule has 124 valence electrons. The Hall–Kier alpha value is -2.67. The van der Waals surface area contributed by atoms with E-state index >= 15 is 0 Å². The molecule has 7 heteroatoms. The van der Waals surface area contributed by atoms with E-state index in [1.165, 1.54) is 12.8 Å². The van der Waals surface area contributed by atoms with Crippen molar-refractivity contribution in [3.63, 3.8) is 0 Å². The summed E-state index contributed by atoms with van der Waals surface area (Å²) in [5.41, 5.74) is 3.08. The third kappa shape index (κ3) is 2.80. The van der Waals surface area contributed by atoms with Crippen molar-refractivity contribution in [1.82, 2.24) is 29.1 Å². The van der Waals surface area contributed by atoms with Gasteiger partial charge in [0.05, 0.1) is 5.69 Å². The van der Waals surface area contributed by atoms with Crippen LogP contribution in [0.5, 0.6) is 0 Å². The Kier molecular flexibility index (Phi) is 3.52. The zero-order valence-corrected chi connectivity index (χ0v) is 14.3. The summed E-state index contributed by atoms with van der Waals surface area (Å²) in [6.45, 7) is 0. The summed E-state index contributed by atoms with van der Waals surface area (Å²) in [6, 6.07) is 10.5. The van der Waals surface area contributed by atoms with Gasteiger partial charge >= 0.3 is 0 Å². The van der Waals surface area contributed by atoms with E-state index in [0.29, 0.717) is 6.04 Å². The van der Waals surface area contributed by atoms with Crippen LogP contribution >= 0.6 is 11.8 Å².